The van der Waals surface area contributed by atoms with Gasteiger partial charge in [-0.05, 0) is 12.5 Å². The molecule has 0 aliphatic rings. The largest absolute Gasteiger partial charge is 0.384 e. The standard InChI is InChI=1S/C15H19N6O/c1-3-12-9-18-21-14(7-13(16)19-15(12)21)17-8-11-5-4-6-20(10-11)22-2/h4-7,9-10,17H,3,8H2,1-2H3,(H2,16,19)/q+1. The number of aromatic nitrogens is 4. The molecule has 0 saturated heterocycles. The number of fused-ring (bicyclic) bond motifs is 1. The molecule has 3 heterocycles. The lowest BCUT2D eigenvalue weighted by Crippen LogP contribution is -2.40. The van der Waals surface area contributed by atoms with Crippen molar-refractivity contribution in [1.29, 1.82) is 0 Å². The number of hydrogen-bond acceptors (Lipinski definition) is 5. The Kier molecular flexibility index (Phi) is 3.78. The van der Waals surface area contributed by atoms with Crippen LogP contribution in [0, 0.1) is 0 Å². The van der Waals surface area contributed by atoms with E-state index in [0.29, 0.717) is 12.4 Å². The molecule has 3 N–H and O–H groups in total. The van der Waals surface area contributed by atoms with Gasteiger partial charge in [0.15, 0.2) is 5.65 Å². The van der Waals surface area contributed by atoms with Gasteiger partial charge >= 0.3 is 0 Å². The highest BCUT2D eigenvalue weighted by molar-refractivity contribution is 5.58. The summed E-state index contributed by atoms with van der Waals surface area (Å²) in [4.78, 5) is 9.52. The molecule has 0 atom stereocenters. The second-order valence-electron chi connectivity index (χ2n) is 4.93. The van der Waals surface area contributed by atoms with Crippen LogP contribution in [0.2, 0.25) is 0 Å². The molecule has 0 radical (unpaired) electrons. The Morgan fingerprint density at radius 3 is 3.09 bits per heavy atom. The zero-order valence-electron chi connectivity index (χ0n) is 12.7. The first-order valence-electron chi connectivity index (χ1n) is 7.13. The van der Waals surface area contributed by atoms with Gasteiger partial charge in [-0.25, -0.2) is 4.98 Å². The van der Waals surface area contributed by atoms with Gasteiger partial charge in [0.05, 0.1) is 6.20 Å². The molecule has 22 heavy (non-hydrogen) atoms. The van der Waals surface area contributed by atoms with Crippen molar-refractivity contribution < 1.29 is 9.57 Å². The summed E-state index contributed by atoms with van der Waals surface area (Å²) < 4.78 is 3.43. The lowest BCUT2D eigenvalue weighted by Gasteiger charge is -2.09. The fraction of sp³-hybridized carbons (Fsp3) is 0.267. The number of rotatable bonds is 5. The number of pyridine rings is 1. The number of aryl methyl sites for hydroxylation is 1. The average Bonchev–Trinajstić information content (AvgIpc) is 2.95. The first kappa shape index (κ1) is 14.1. The molecule has 0 fully saturated rings. The van der Waals surface area contributed by atoms with E-state index in [-0.39, 0.29) is 0 Å². The Morgan fingerprint density at radius 1 is 1.45 bits per heavy atom. The van der Waals surface area contributed by atoms with E-state index in [4.69, 9.17) is 10.6 Å². The predicted octanol–water partition coefficient (Wildman–Crippen LogP) is 0.832. The zero-order valence-corrected chi connectivity index (χ0v) is 12.7. The number of nitrogens with two attached hydrogens (primary N) is 1. The van der Waals surface area contributed by atoms with Gasteiger partial charge in [-0.2, -0.15) is 9.61 Å². The highest BCUT2D eigenvalue weighted by Gasteiger charge is 2.10. The fourth-order valence-corrected chi connectivity index (χ4v) is 2.31. The molecule has 0 aromatic carbocycles. The van der Waals surface area contributed by atoms with Crippen LogP contribution in [0.5, 0.6) is 0 Å². The monoisotopic (exact) mass is 299 g/mol. The van der Waals surface area contributed by atoms with Crippen molar-refractivity contribution in [2.45, 2.75) is 19.9 Å². The lowest BCUT2D eigenvalue weighted by molar-refractivity contribution is -0.885. The van der Waals surface area contributed by atoms with Crippen molar-refractivity contribution in [3.05, 3.63) is 47.9 Å². The molecule has 3 aromatic rings. The van der Waals surface area contributed by atoms with Crippen LogP contribution in [0.15, 0.2) is 36.8 Å². The molecule has 7 heteroatoms. The summed E-state index contributed by atoms with van der Waals surface area (Å²) in [6.07, 6.45) is 6.45. The van der Waals surface area contributed by atoms with E-state index in [1.165, 1.54) is 0 Å². The van der Waals surface area contributed by atoms with E-state index in [9.17, 15) is 0 Å². The van der Waals surface area contributed by atoms with Crippen LogP contribution >= 0.6 is 0 Å². The molecule has 7 nitrogen and oxygen atoms in total. The Balaban J connectivity index is 1.88. The van der Waals surface area contributed by atoms with E-state index in [0.717, 1.165) is 29.0 Å². The van der Waals surface area contributed by atoms with Gasteiger partial charge in [0, 0.05) is 34.5 Å². The molecule has 3 rings (SSSR count). The van der Waals surface area contributed by atoms with Crippen LogP contribution in [-0.2, 0) is 13.0 Å². The summed E-state index contributed by atoms with van der Waals surface area (Å²) in [5.41, 5.74) is 8.86. The predicted molar refractivity (Wildman–Crippen MR) is 83.2 cm³/mol. The maximum absolute atomic E-state index is 5.91. The first-order chi connectivity index (χ1) is 10.7. The van der Waals surface area contributed by atoms with Crippen molar-refractivity contribution in [3.63, 3.8) is 0 Å². The van der Waals surface area contributed by atoms with Crippen molar-refractivity contribution in [3.8, 4) is 0 Å². The highest BCUT2D eigenvalue weighted by Crippen LogP contribution is 2.18. The van der Waals surface area contributed by atoms with Gasteiger partial charge in [-0.15, -0.1) is 0 Å². The third kappa shape index (κ3) is 2.65. The third-order valence-electron chi connectivity index (χ3n) is 3.47. The molecule has 0 unspecified atom stereocenters. The van der Waals surface area contributed by atoms with Crippen molar-refractivity contribution in [2.75, 3.05) is 18.2 Å². The van der Waals surface area contributed by atoms with Crippen molar-refractivity contribution in [2.24, 2.45) is 0 Å². The fourth-order valence-electron chi connectivity index (χ4n) is 2.31. The Hall–Kier alpha value is -2.83. The molecule has 0 spiro atoms. The quantitative estimate of drug-likeness (QED) is 0.682. The third-order valence-corrected chi connectivity index (χ3v) is 3.47. The van der Waals surface area contributed by atoms with Crippen LogP contribution in [0.4, 0.5) is 11.6 Å². The topological polar surface area (TPSA) is 81.3 Å². The van der Waals surface area contributed by atoms with Crippen LogP contribution in [0.3, 0.4) is 0 Å². The van der Waals surface area contributed by atoms with Crippen LogP contribution in [0.1, 0.15) is 18.1 Å². The van der Waals surface area contributed by atoms with E-state index < -0.39 is 0 Å². The maximum Gasteiger partial charge on any atom is 0.227 e. The number of nitrogens with zero attached hydrogens (tertiary/aromatic N) is 4. The molecule has 3 aromatic heterocycles. The number of anilines is 2. The normalized spacial score (nSPS) is 10.8. The van der Waals surface area contributed by atoms with Crippen molar-refractivity contribution in [1.82, 2.24) is 14.6 Å². The van der Waals surface area contributed by atoms with Crippen LogP contribution in [-0.4, -0.2) is 21.7 Å². The van der Waals surface area contributed by atoms with E-state index in [1.54, 1.807) is 22.4 Å². The highest BCUT2D eigenvalue weighted by atomic mass is 16.6. The minimum absolute atomic E-state index is 0.477. The Bertz CT molecular complexity index is 798. The number of nitrogens with one attached hydrogen (secondary N) is 1. The molecule has 0 aliphatic carbocycles. The molecule has 0 amide bonds. The Morgan fingerprint density at radius 2 is 2.32 bits per heavy atom. The lowest BCUT2D eigenvalue weighted by atomic mass is 10.2. The number of hydrogen-bond donors (Lipinski definition) is 2. The van der Waals surface area contributed by atoms with Gasteiger partial charge in [0.1, 0.15) is 18.7 Å². The van der Waals surface area contributed by atoms with Crippen molar-refractivity contribution >= 4 is 17.3 Å². The summed E-state index contributed by atoms with van der Waals surface area (Å²) in [7, 11) is 1.63. The van der Waals surface area contributed by atoms with Crippen LogP contribution in [0.25, 0.3) is 5.65 Å². The molecule has 0 aliphatic heterocycles. The van der Waals surface area contributed by atoms with E-state index in [1.807, 2.05) is 30.7 Å². The maximum atomic E-state index is 5.91. The van der Waals surface area contributed by atoms with Gasteiger partial charge < -0.3 is 11.1 Å². The second-order valence-corrected chi connectivity index (χ2v) is 4.93. The molecular weight excluding hydrogens is 280 g/mol. The van der Waals surface area contributed by atoms with E-state index in [2.05, 4.69) is 22.3 Å². The average molecular weight is 299 g/mol. The molecule has 0 bridgehead atoms. The zero-order chi connectivity index (χ0) is 15.5. The second kappa shape index (κ2) is 5.88. The molecular formula is C15H19N6O+. The van der Waals surface area contributed by atoms with Gasteiger partial charge in [0.2, 0.25) is 12.4 Å². The Labute approximate surface area is 128 Å². The molecule has 0 saturated carbocycles. The van der Waals surface area contributed by atoms with Crippen LogP contribution < -0.4 is 20.6 Å². The SMILES string of the molecule is CCc1cnn2c(NCc3ccc[n+](OC)c3)cc(N)nc12. The minimum Gasteiger partial charge on any atom is -0.384 e. The van der Waals surface area contributed by atoms with E-state index >= 15 is 0 Å². The molecule has 114 valence electrons. The van der Waals surface area contributed by atoms with Gasteiger partial charge in [-0.1, -0.05) is 6.92 Å². The minimum atomic E-state index is 0.477. The summed E-state index contributed by atoms with van der Waals surface area (Å²) in [5, 5.41) is 7.73. The number of nitrogen functional groups attached to an aromatic ring is 1. The summed E-state index contributed by atoms with van der Waals surface area (Å²) >= 11 is 0. The summed E-state index contributed by atoms with van der Waals surface area (Å²) in [6.45, 7) is 2.70. The van der Waals surface area contributed by atoms with Gasteiger partial charge in [-0.3, -0.25) is 4.84 Å². The van der Waals surface area contributed by atoms with Gasteiger partial charge in [0.25, 0.3) is 0 Å². The first-order valence-corrected chi connectivity index (χ1v) is 7.13. The summed E-state index contributed by atoms with van der Waals surface area (Å²) in [6, 6.07) is 5.73. The summed E-state index contributed by atoms with van der Waals surface area (Å²) in [5.74, 6) is 1.29. The smallest absolute Gasteiger partial charge is 0.227 e.